The first-order valence-electron chi connectivity index (χ1n) is 11.1. The lowest BCUT2D eigenvalue weighted by Gasteiger charge is -2.32. The van der Waals surface area contributed by atoms with Crippen molar-refractivity contribution in [3.8, 4) is 5.75 Å². The maximum Gasteiger partial charge on any atom is 0.308 e. The molecule has 0 bridgehead atoms. The summed E-state index contributed by atoms with van der Waals surface area (Å²) < 4.78 is 34.6. The van der Waals surface area contributed by atoms with Crippen LogP contribution >= 0.6 is 15.9 Å². The first kappa shape index (κ1) is 25.7. The number of ether oxygens (including phenoxy) is 1. The van der Waals surface area contributed by atoms with Crippen LogP contribution in [0.4, 0.5) is 5.69 Å². The molecule has 1 aliphatic heterocycles. The number of carbonyl (C=O) groups excluding carboxylic acids is 3. The fourth-order valence-electron chi connectivity index (χ4n) is 4.17. The highest BCUT2D eigenvalue weighted by molar-refractivity contribution is 9.10. The minimum Gasteiger partial charge on any atom is -0.427 e. The molecule has 2 amide bonds. The van der Waals surface area contributed by atoms with E-state index >= 15 is 0 Å². The lowest BCUT2D eigenvalue weighted by Crippen LogP contribution is -2.46. The first-order valence-corrected chi connectivity index (χ1v) is 13.3. The van der Waals surface area contributed by atoms with Crippen LogP contribution in [0.15, 0.2) is 88.2 Å². The smallest absolute Gasteiger partial charge is 0.308 e. The normalized spacial score (nSPS) is 16.9. The number of carbonyl (C=O) groups is 3. The Hall–Kier alpha value is -3.34. The monoisotopic (exact) mass is 570 g/mol. The molecule has 1 fully saturated rings. The van der Waals surface area contributed by atoms with Gasteiger partial charge in [-0.2, -0.15) is 4.31 Å². The van der Waals surface area contributed by atoms with E-state index in [9.17, 15) is 22.8 Å². The second kappa shape index (κ2) is 10.3. The van der Waals surface area contributed by atoms with Gasteiger partial charge >= 0.3 is 5.97 Å². The van der Waals surface area contributed by atoms with Crippen LogP contribution in [-0.2, 0) is 24.4 Å². The third kappa shape index (κ3) is 5.11. The molecule has 10 heteroatoms. The molecule has 0 aliphatic carbocycles. The van der Waals surface area contributed by atoms with Gasteiger partial charge in [-0.3, -0.25) is 14.4 Å². The predicted molar refractivity (Wildman–Crippen MR) is 137 cm³/mol. The third-order valence-corrected chi connectivity index (χ3v) is 8.36. The summed E-state index contributed by atoms with van der Waals surface area (Å²) >= 11 is 3.31. The zero-order chi connectivity index (χ0) is 26.0. The van der Waals surface area contributed by atoms with Crippen LogP contribution in [0.2, 0.25) is 0 Å². The van der Waals surface area contributed by atoms with Crippen molar-refractivity contribution in [3.63, 3.8) is 0 Å². The van der Waals surface area contributed by atoms with E-state index in [0.29, 0.717) is 10.0 Å². The molecule has 1 aliphatic rings. The van der Waals surface area contributed by atoms with Gasteiger partial charge in [0.05, 0.1) is 17.0 Å². The van der Waals surface area contributed by atoms with Crippen LogP contribution in [0, 0.1) is 0 Å². The van der Waals surface area contributed by atoms with E-state index in [2.05, 4.69) is 15.9 Å². The van der Waals surface area contributed by atoms with E-state index in [1.54, 1.807) is 43.3 Å². The van der Waals surface area contributed by atoms with Gasteiger partial charge in [0.2, 0.25) is 15.9 Å². The van der Waals surface area contributed by atoms with Crippen molar-refractivity contribution in [2.24, 2.45) is 0 Å². The molecule has 2 atom stereocenters. The van der Waals surface area contributed by atoms with E-state index in [1.165, 1.54) is 43.3 Å². The fourth-order valence-corrected chi connectivity index (χ4v) is 6.19. The highest BCUT2D eigenvalue weighted by Crippen LogP contribution is 2.36. The Kier molecular flexibility index (Phi) is 7.39. The van der Waals surface area contributed by atoms with Crippen molar-refractivity contribution in [1.29, 1.82) is 0 Å². The number of hydrogen-bond acceptors (Lipinski definition) is 6. The lowest BCUT2D eigenvalue weighted by atomic mass is 10.1. The van der Waals surface area contributed by atoms with Gasteiger partial charge in [0.25, 0.3) is 5.91 Å². The van der Waals surface area contributed by atoms with Crippen molar-refractivity contribution >= 4 is 49.4 Å². The van der Waals surface area contributed by atoms with Crippen LogP contribution in [-0.4, -0.2) is 36.5 Å². The van der Waals surface area contributed by atoms with Gasteiger partial charge in [-0.25, -0.2) is 13.3 Å². The summed E-state index contributed by atoms with van der Waals surface area (Å²) in [6.45, 7) is 2.96. The SMILES string of the molecule is CC(=O)Oc1ccc(N2C(=O)CC(N(C(C)c3ccccc3)S(=O)(=O)c3ccc(Br)cc3)C2=O)cc1. The van der Waals surface area contributed by atoms with E-state index in [4.69, 9.17) is 4.74 Å². The maximum absolute atomic E-state index is 13.9. The number of nitrogens with zero attached hydrogens (tertiary/aromatic N) is 2. The summed E-state index contributed by atoms with van der Waals surface area (Å²) in [5.41, 5.74) is 0.944. The molecule has 0 aromatic heterocycles. The van der Waals surface area contributed by atoms with Crippen molar-refractivity contribution in [1.82, 2.24) is 4.31 Å². The van der Waals surface area contributed by atoms with Crippen LogP contribution < -0.4 is 9.64 Å². The molecule has 0 spiro atoms. The largest absolute Gasteiger partial charge is 0.427 e. The topological polar surface area (TPSA) is 101 Å². The van der Waals surface area contributed by atoms with Gasteiger partial charge in [-0.05, 0) is 61.0 Å². The summed E-state index contributed by atoms with van der Waals surface area (Å²) in [6, 6.07) is 19.0. The Morgan fingerprint density at radius 1 is 1.00 bits per heavy atom. The predicted octanol–water partition coefficient (Wildman–Crippen LogP) is 4.46. The minimum atomic E-state index is -4.18. The standard InChI is InChI=1S/C26H23BrN2O6S/c1-17(19-6-4-3-5-7-19)29(36(33,34)23-14-8-20(27)9-15-23)24-16-25(31)28(26(24)32)21-10-12-22(13-11-21)35-18(2)30/h3-15,17,24H,16H2,1-2H3. The lowest BCUT2D eigenvalue weighted by molar-refractivity contribution is -0.132. The van der Waals surface area contributed by atoms with Crippen LogP contribution in [0.3, 0.4) is 0 Å². The van der Waals surface area contributed by atoms with Crippen molar-refractivity contribution < 1.29 is 27.5 Å². The molecule has 2 unspecified atom stereocenters. The number of imide groups is 1. The van der Waals surface area contributed by atoms with Gasteiger partial charge in [-0.1, -0.05) is 46.3 Å². The summed E-state index contributed by atoms with van der Waals surface area (Å²) in [7, 11) is -4.18. The zero-order valence-electron chi connectivity index (χ0n) is 19.5. The van der Waals surface area contributed by atoms with Gasteiger partial charge in [-0.15, -0.1) is 0 Å². The van der Waals surface area contributed by atoms with Gasteiger partial charge in [0, 0.05) is 17.4 Å². The van der Waals surface area contributed by atoms with Gasteiger partial charge < -0.3 is 4.74 Å². The summed E-state index contributed by atoms with van der Waals surface area (Å²) in [4.78, 5) is 38.8. The minimum absolute atomic E-state index is 0.0120. The zero-order valence-corrected chi connectivity index (χ0v) is 21.9. The molecule has 3 aromatic rings. The highest BCUT2D eigenvalue weighted by atomic mass is 79.9. The second-order valence-electron chi connectivity index (χ2n) is 8.25. The fraction of sp³-hybridized carbons (Fsp3) is 0.192. The number of sulfonamides is 1. The number of halogens is 1. The summed E-state index contributed by atoms with van der Waals surface area (Å²) in [5, 5.41) is 0. The second-order valence-corrected chi connectivity index (χ2v) is 11.0. The van der Waals surface area contributed by atoms with Gasteiger partial charge in [0.15, 0.2) is 0 Å². The average Bonchev–Trinajstić information content (AvgIpc) is 3.13. The number of amides is 2. The van der Waals surface area contributed by atoms with E-state index in [1.807, 2.05) is 6.07 Å². The number of hydrogen-bond donors (Lipinski definition) is 0. The first-order chi connectivity index (χ1) is 17.1. The third-order valence-electron chi connectivity index (χ3n) is 5.84. The molecule has 1 heterocycles. The molecule has 0 radical (unpaired) electrons. The van der Waals surface area contributed by atoms with E-state index in [-0.39, 0.29) is 22.8 Å². The maximum atomic E-state index is 13.9. The number of esters is 1. The number of rotatable bonds is 7. The molecule has 186 valence electrons. The Balaban J connectivity index is 1.74. The molecule has 36 heavy (non-hydrogen) atoms. The molecule has 0 N–H and O–H groups in total. The summed E-state index contributed by atoms with van der Waals surface area (Å²) in [5.74, 6) is -1.41. The van der Waals surface area contributed by atoms with Crippen molar-refractivity contribution in [2.45, 2.75) is 37.2 Å². The van der Waals surface area contributed by atoms with Gasteiger partial charge in [0.1, 0.15) is 11.8 Å². The van der Waals surface area contributed by atoms with Crippen LogP contribution in [0.5, 0.6) is 5.75 Å². The molecule has 3 aromatic carbocycles. The quantitative estimate of drug-likeness (QED) is 0.236. The Morgan fingerprint density at radius 3 is 2.19 bits per heavy atom. The highest BCUT2D eigenvalue weighted by Gasteiger charge is 2.48. The van der Waals surface area contributed by atoms with Crippen molar-refractivity contribution in [3.05, 3.63) is 88.9 Å². The molecule has 0 saturated carbocycles. The Labute approximate surface area is 217 Å². The van der Waals surface area contributed by atoms with E-state index in [0.717, 1.165) is 9.21 Å². The molecular formula is C26H23BrN2O6S. The Bertz CT molecular complexity index is 1390. The average molecular weight is 571 g/mol. The molecule has 1 saturated heterocycles. The number of anilines is 1. The van der Waals surface area contributed by atoms with Crippen LogP contribution in [0.25, 0.3) is 0 Å². The number of benzene rings is 3. The summed E-state index contributed by atoms with van der Waals surface area (Å²) in [6.07, 6.45) is -0.308. The Morgan fingerprint density at radius 2 is 1.61 bits per heavy atom. The molecule has 4 rings (SSSR count). The van der Waals surface area contributed by atoms with E-state index < -0.39 is 39.9 Å². The van der Waals surface area contributed by atoms with Crippen molar-refractivity contribution in [2.75, 3.05) is 4.90 Å². The molecule has 8 nitrogen and oxygen atoms in total. The molecular weight excluding hydrogens is 548 g/mol. The van der Waals surface area contributed by atoms with Crippen LogP contribution in [0.1, 0.15) is 31.9 Å².